The molecule has 0 bridgehead atoms. The van der Waals surface area contributed by atoms with Gasteiger partial charge in [0.15, 0.2) is 11.9 Å². The number of anilines is 1. The van der Waals surface area contributed by atoms with Gasteiger partial charge in [-0.1, -0.05) is 30.3 Å². The molecule has 1 atom stereocenters. The molecule has 4 rings (SSSR count). The number of esters is 1. The monoisotopic (exact) mass is 362 g/mol. The molecule has 0 fully saturated rings. The van der Waals surface area contributed by atoms with Gasteiger partial charge < -0.3 is 14.6 Å². The molecule has 0 radical (unpaired) electrons. The molecule has 2 aromatic carbocycles. The molecule has 1 aliphatic heterocycles. The Bertz CT molecular complexity index is 1010. The van der Waals surface area contributed by atoms with Crippen molar-refractivity contribution < 1.29 is 14.3 Å². The van der Waals surface area contributed by atoms with Crippen molar-refractivity contribution in [2.75, 3.05) is 5.32 Å². The van der Waals surface area contributed by atoms with Crippen molar-refractivity contribution >= 4 is 17.6 Å². The van der Waals surface area contributed by atoms with E-state index in [0.717, 1.165) is 23.5 Å². The summed E-state index contributed by atoms with van der Waals surface area (Å²) in [6, 6.07) is 14.5. The third-order valence-electron chi connectivity index (χ3n) is 4.53. The summed E-state index contributed by atoms with van der Waals surface area (Å²) < 4.78 is 7.23. The fourth-order valence-corrected chi connectivity index (χ4v) is 3.15. The van der Waals surface area contributed by atoms with Crippen LogP contribution in [0.15, 0.2) is 54.9 Å². The van der Waals surface area contributed by atoms with Crippen LogP contribution in [0.5, 0.6) is 0 Å². The number of fused-ring (bicyclic) bond motifs is 1. The summed E-state index contributed by atoms with van der Waals surface area (Å²) in [7, 11) is 0. The molecule has 1 N–H and O–H groups in total. The van der Waals surface area contributed by atoms with Crippen LogP contribution in [0.4, 0.5) is 5.69 Å². The maximum atomic E-state index is 12.6. The Balaban J connectivity index is 1.52. The van der Waals surface area contributed by atoms with E-state index in [1.165, 1.54) is 0 Å². The number of carbonyl (C=O) groups excluding carboxylic acids is 2. The minimum Gasteiger partial charge on any atom is -0.448 e. The number of hydrogen-bond acceptors (Lipinski definition) is 5. The highest BCUT2D eigenvalue weighted by atomic mass is 16.5. The number of rotatable bonds is 4. The van der Waals surface area contributed by atoms with Crippen molar-refractivity contribution in [3.63, 3.8) is 0 Å². The van der Waals surface area contributed by atoms with Gasteiger partial charge in [0, 0.05) is 24.2 Å². The standard InChI is InChI=1S/C20H18N4O3/c1-2-24-12-21-23-18(24)14-7-5-8-15(10-14)22-19(25)17-11-13-6-3-4-9-16(13)20(26)27-17/h3-10,12,17H,2,11H2,1H3,(H,22,25). The van der Waals surface area contributed by atoms with Crippen LogP contribution in [0, 0.1) is 0 Å². The van der Waals surface area contributed by atoms with Crippen LogP contribution in [0.1, 0.15) is 22.8 Å². The molecule has 0 spiro atoms. The molecule has 0 saturated heterocycles. The number of nitrogens with one attached hydrogen (secondary N) is 1. The number of aromatic nitrogens is 3. The number of carbonyl (C=O) groups is 2. The number of aryl methyl sites for hydroxylation is 1. The van der Waals surface area contributed by atoms with E-state index in [1.54, 1.807) is 24.5 Å². The van der Waals surface area contributed by atoms with E-state index < -0.39 is 12.1 Å². The van der Waals surface area contributed by atoms with Crippen molar-refractivity contribution in [2.24, 2.45) is 0 Å². The number of hydrogen-bond donors (Lipinski definition) is 1. The SMILES string of the molecule is CCn1cnnc1-c1cccc(NC(=O)C2Cc3ccccc3C(=O)O2)c1. The van der Waals surface area contributed by atoms with Gasteiger partial charge in [-0.15, -0.1) is 10.2 Å². The van der Waals surface area contributed by atoms with Gasteiger partial charge in [0.1, 0.15) is 6.33 Å². The molecule has 1 unspecified atom stereocenters. The maximum Gasteiger partial charge on any atom is 0.339 e. The molecule has 7 nitrogen and oxygen atoms in total. The van der Waals surface area contributed by atoms with Crippen LogP contribution in [0.3, 0.4) is 0 Å². The lowest BCUT2D eigenvalue weighted by molar-refractivity contribution is -0.125. The average Bonchev–Trinajstić information content (AvgIpc) is 3.17. The average molecular weight is 362 g/mol. The Kier molecular flexibility index (Phi) is 4.42. The Labute approximate surface area is 156 Å². The molecule has 27 heavy (non-hydrogen) atoms. The first-order valence-corrected chi connectivity index (χ1v) is 8.73. The first-order valence-electron chi connectivity index (χ1n) is 8.73. The first kappa shape index (κ1) is 17.0. The van der Waals surface area contributed by atoms with E-state index in [1.807, 2.05) is 41.8 Å². The van der Waals surface area contributed by atoms with Gasteiger partial charge in [-0.05, 0) is 30.7 Å². The predicted octanol–water partition coefficient (Wildman–Crippen LogP) is 2.69. The lowest BCUT2D eigenvalue weighted by atomic mass is 9.98. The zero-order valence-electron chi connectivity index (χ0n) is 14.8. The number of amides is 1. The molecule has 7 heteroatoms. The molecule has 0 saturated carbocycles. The van der Waals surface area contributed by atoms with E-state index >= 15 is 0 Å². The smallest absolute Gasteiger partial charge is 0.339 e. The second-order valence-corrected chi connectivity index (χ2v) is 6.27. The van der Waals surface area contributed by atoms with E-state index in [2.05, 4.69) is 15.5 Å². The van der Waals surface area contributed by atoms with Gasteiger partial charge in [-0.25, -0.2) is 4.79 Å². The third kappa shape index (κ3) is 3.31. The summed E-state index contributed by atoms with van der Waals surface area (Å²) >= 11 is 0. The highest BCUT2D eigenvalue weighted by Crippen LogP contribution is 2.23. The fourth-order valence-electron chi connectivity index (χ4n) is 3.15. The largest absolute Gasteiger partial charge is 0.448 e. The van der Waals surface area contributed by atoms with Crippen molar-refractivity contribution in [3.8, 4) is 11.4 Å². The van der Waals surface area contributed by atoms with Crippen LogP contribution >= 0.6 is 0 Å². The number of cyclic esters (lactones) is 1. The topological polar surface area (TPSA) is 86.1 Å². The molecule has 0 aliphatic carbocycles. The van der Waals surface area contributed by atoms with Gasteiger partial charge in [0.25, 0.3) is 5.91 Å². The summed E-state index contributed by atoms with van der Waals surface area (Å²) in [6.45, 7) is 2.75. The Morgan fingerprint density at radius 2 is 2.11 bits per heavy atom. The number of benzene rings is 2. The second-order valence-electron chi connectivity index (χ2n) is 6.27. The van der Waals surface area contributed by atoms with Gasteiger partial charge in [-0.3, -0.25) is 4.79 Å². The second kappa shape index (κ2) is 7.03. The molecule has 3 aromatic rings. The normalized spacial score (nSPS) is 15.7. The molecule has 2 heterocycles. The minimum absolute atomic E-state index is 0.355. The molecule has 1 aliphatic rings. The Morgan fingerprint density at radius 3 is 2.96 bits per heavy atom. The summed E-state index contributed by atoms with van der Waals surface area (Å²) in [5, 5.41) is 10.9. The zero-order valence-corrected chi connectivity index (χ0v) is 14.8. The highest BCUT2D eigenvalue weighted by Gasteiger charge is 2.31. The lowest BCUT2D eigenvalue weighted by Gasteiger charge is -2.23. The van der Waals surface area contributed by atoms with Crippen molar-refractivity contribution in [2.45, 2.75) is 26.0 Å². The van der Waals surface area contributed by atoms with Crippen molar-refractivity contribution in [3.05, 3.63) is 66.0 Å². The summed E-state index contributed by atoms with van der Waals surface area (Å²) in [6.07, 6.45) is 1.17. The lowest BCUT2D eigenvalue weighted by Crippen LogP contribution is -2.37. The Morgan fingerprint density at radius 1 is 1.26 bits per heavy atom. The van der Waals surface area contributed by atoms with Crippen molar-refractivity contribution in [1.82, 2.24) is 14.8 Å². The van der Waals surface area contributed by atoms with Crippen LogP contribution in [0.25, 0.3) is 11.4 Å². The maximum absolute atomic E-state index is 12.6. The molecule has 1 aromatic heterocycles. The quantitative estimate of drug-likeness (QED) is 0.721. The number of nitrogens with zero attached hydrogens (tertiary/aromatic N) is 3. The van der Waals surface area contributed by atoms with Crippen LogP contribution in [-0.4, -0.2) is 32.7 Å². The zero-order chi connectivity index (χ0) is 18.8. The summed E-state index contributed by atoms with van der Waals surface area (Å²) in [5.74, 6) is -0.0969. The Hall–Kier alpha value is -3.48. The molecular formula is C20H18N4O3. The predicted molar refractivity (Wildman–Crippen MR) is 99.1 cm³/mol. The fraction of sp³-hybridized carbons (Fsp3) is 0.200. The van der Waals surface area contributed by atoms with E-state index in [9.17, 15) is 9.59 Å². The van der Waals surface area contributed by atoms with E-state index in [0.29, 0.717) is 17.7 Å². The van der Waals surface area contributed by atoms with Crippen molar-refractivity contribution in [1.29, 1.82) is 0 Å². The molecule has 136 valence electrons. The summed E-state index contributed by atoms with van der Waals surface area (Å²) in [4.78, 5) is 24.7. The summed E-state index contributed by atoms with van der Waals surface area (Å²) in [5.41, 5.74) is 2.79. The number of ether oxygens (including phenoxy) is 1. The van der Waals surface area contributed by atoms with E-state index in [-0.39, 0.29) is 5.91 Å². The van der Waals surface area contributed by atoms with Gasteiger partial charge in [0.05, 0.1) is 5.56 Å². The van der Waals surface area contributed by atoms with Crippen LogP contribution in [-0.2, 0) is 22.5 Å². The first-order chi connectivity index (χ1) is 13.2. The highest BCUT2D eigenvalue weighted by molar-refractivity contribution is 6.00. The third-order valence-corrected chi connectivity index (χ3v) is 4.53. The van der Waals surface area contributed by atoms with Gasteiger partial charge in [-0.2, -0.15) is 0 Å². The van der Waals surface area contributed by atoms with E-state index in [4.69, 9.17) is 4.74 Å². The van der Waals surface area contributed by atoms with Gasteiger partial charge >= 0.3 is 5.97 Å². The molecular weight excluding hydrogens is 344 g/mol. The van der Waals surface area contributed by atoms with Crippen LogP contribution in [0.2, 0.25) is 0 Å². The minimum atomic E-state index is -0.852. The molecule has 1 amide bonds. The van der Waals surface area contributed by atoms with Crippen LogP contribution < -0.4 is 5.32 Å². The van der Waals surface area contributed by atoms with Gasteiger partial charge in [0.2, 0.25) is 0 Å².